The van der Waals surface area contributed by atoms with Crippen molar-refractivity contribution in [2.24, 2.45) is 0 Å². The van der Waals surface area contributed by atoms with Crippen LogP contribution in [0.3, 0.4) is 0 Å². The Bertz CT molecular complexity index is 614. The van der Waals surface area contributed by atoms with E-state index in [4.69, 9.17) is 0 Å². The second-order valence-electron chi connectivity index (χ2n) is 6.04. The van der Waals surface area contributed by atoms with Crippen molar-refractivity contribution in [2.45, 2.75) is 52.0 Å². The van der Waals surface area contributed by atoms with Gasteiger partial charge < -0.3 is 10.6 Å². The SMILES string of the molecule is Cc1cccc(C)c1Nc1cnnc(NC2CCCCC2)n1. The van der Waals surface area contributed by atoms with E-state index in [1.165, 1.54) is 43.2 Å². The van der Waals surface area contributed by atoms with Gasteiger partial charge in [-0.3, -0.25) is 0 Å². The molecule has 1 saturated carbocycles. The maximum Gasteiger partial charge on any atom is 0.244 e. The number of nitrogens with zero attached hydrogens (tertiary/aromatic N) is 3. The topological polar surface area (TPSA) is 62.7 Å². The molecule has 5 nitrogen and oxygen atoms in total. The molecule has 1 fully saturated rings. The highest BCUT2D eigenvalue weighted by atomic mass is 15.3. The molecule has 1 aliphatic rings. The molecular formula is C17H23N5. The smallest absolute Gasteiger partial charge is 0.244 e. The Hall–Kier alpha value is -2.17. The standard InChI is InChI=1S/C17H23N5/c1-12-7-6-8-13(2)16(12)20-15-11-18-22-17(21-15)19-14-9-4-3-5-10-14/h6-8,11,14H,3-5,9-10H2,1-2H3,(H2,19,20,21,22). The van der Waals surface area contributed by atoms with Gasteiger partial charge in [-0.25, -0.2) is 0 Å². The summed E-state index contributed by atoms with van der Waals surface area (Å²) in [6.45, 7) is 4.18. The minimum absolute atomic E-state index is 0.478. The molecule has 2 N–H and O–H groups in total. The molecule has 22 heavy (non-hydrogen) atoms. The first-order valence-electron chi connectivity index (χ1n) is 8.02. The van der Waals surface area contributed by atoms with Gasteiger partial charge in [-0.05, 0) is 37.8 Å². The zero-order valence-electron chi connectivity index (χ0n) is 13.3. The number of hydrogen-bond donors (Lipinski definition) is 2. The van der Waals surface area contributed by atoms with E-state index in [9.17, 15) is 0 Å². The number of aromatic nitrogens is 3. The van der Waals surface area contributed by atoms with E-state index >= 15 is 0 Å². The van der Waals surface area contributed by atoms with Crippen LogP contribution in [0.15, 0.2) is 24.4 Å². The molecule has 0 bridgehead atoms. The van der Waals surface area contributed by atoms with Crippen LogP contribution in [0.5, 0.6) is 0 Å². The molecule has 1 heterocycles. The number of aryl methyl sites for hydroxylation is 2. The van der Waals surface area contributed by atoms with E-state index in [1.54, 1.807) is 6.20 Å². The highest BCUT2D eigenvalue weighted by molar-refractivity contribution is 5.64. The number of hydrogen-bond acceptors (Lipinski definition) is 5. The molecule has 2 aromatic rings. The molecule has 0 amide bonds. The van der Waals surface area contributed by atoms with Crippen LogP contribution in [0.1, 0.15) is 43.2 Å². The Labute approximate surface area is 131 Å². The number of anilines is 3. The minimum Gasteiger partial charge on any atom is -0.350 e. The van der Waals surface area contributed by atoms with E-state index in [0.717, 1.165) is 11.5 Å². The summed E-state index contributed by atoms with van der Waals surface area (Å²) in [5.41, 5.74) is 3.48. The third-order valence-electron chi connectivity index (χ3n) is 4.23. The van der Waals surface area contributed by atoms with Crippen LogP contribution in [0.4, 0.5) is 17.5 Å². The lowest BCUT2D eigenvalue weighted by atomic mass is 9.96. The molecule has 0 radical (unpaired) electrons. The number of nitrogens with one attached hydrogen (secondary N) is 2. The lowest BCUT2D eigenvalue weighted by molar-refractivity contribution is 0.460. The van der Waals surface area contributed by atoms with E-state index in [2.05, 4.69) is 57.9 Å². The largest absolute Gasteiger partial charge is 0.350 e. The normalized spacial score (nSPS) is 15.5. The number of rotatable bonds is 4. The van der Waals surface area contributed by atoms with Crippen molar-refractivity contribution in [1.29, 1.82) is 0 Å². The molecule has 0 atom stereocenters. The Morgan fingerprint density at radius 3 is 2.50 bits per heavy atom. The van der Waals surface area contributed by atoms with Crippen LogP contribution in [-0.2, 0) is 0 Å². The predicted octanol–water partition coefficient (Wildman–Crippen LogP) is 3.98. The van der Waals surface area contributed by atoms with Gasteiger partial charge in [-0.1, -0.05) is 37.5 Å². The van der Waals surface area contributed by atoms with Gasteiger partial charge in [0.15, 0.2) is 5.82 Å². The first-order chi connectivity index (χ1) is 10.7. The summed E-state index contributed by atoms with van der Waals surface area (Å²) in [5, 5.41) is 15.0. The first kappa shape index (κ1) is 14.8. The van der Waals surface area contributed by atoms with Gasteiger partial charge in [0.05, 0.1) is 6.20 Å². The van der Waals surface area contributed by atoms with Crippen LogP contribution in [0, 0.1) is 13.8 Å². The summed E-state index contributed by atoms with van der Waals surface area (Å²) in [5.74, 6) is 1.34. The van der Waals surface area contributed by atoms with Gasteiger partial charge in [0.1, 0.15) is 0 Å². The fourth-order valence-electron chi connectivity index (χ4n) is 2.99. The van der Waals surface area contributed by atoms with Gasteiger partial charge in [-0.15, -0.1) is 5.10 Å². The second-order valence-corrected chi connectivity index (χ2v) is 6.04. The average Bonchev–Trinajstić information content (AvgIpc) is 2.53. The van der Waals surface area contributed by atoms with Crippen molar-refractivity contribution in [3.05, 3.63) is 35.5 Å². The van der Waals surface area contributed by atoms with Crippen molar-refractivity contribution in [3.8, 4) is 0 Å². The van der Waals surface area contributed by atoms with Crippen LogP contribution >= 0.6 is 0 Å². The second kappa shape index (κ2) is 6.73. The predicted molar refractivity (Wildman–Crippen MR) is 89.5 cm³/mol. The Morgan fingerprint density at radius 2 is 1.77 bits per heavy atom. The Kier molecular flexibility index (Phi) is 4.51. The fraction of sp³-hybridized carbons (Fsp3) is 0.471. The third-order valence-corrected chi connectivity index (χ3v) is 4.23. The Morgan fingerprint density at radius 1 is 1.05 bits per heavy atom. The van der Waals surface area contributed by atoms with Gasteiger partial charge in [0.25, 0.3) is 0 Å². The van der Waals surface area contributed by atoms with Crippen LogP contribution in [0.2, 0.25) is 0 Å². The summed E-state index contributed by atoms with van der Waals surface area (Å²) in [4.78, 5) is 4.55. The van der Waals surface area contributed by atoms with Gasteiger partial charge in [0, 0.05) is 11.7 Å². The van der Waals surface area contributed by atoms with E-state index < -0.39 is 0 Å². The lowest BCUT2D eigenvalue weighted by Crippen LogP contribution is -2.23. The molecule has 1 aromatic carbocycles. The van der Waals surface area contributed by atoms with Gasteiger partial charge in [-0.2, -0.15) is 10.1 Å². The quantitative estimate of drug-likeness (QED) is 0.894. The molecule has 1 aliphatic carbocycles. The van der Waals surface area contributed by atoms with Gasteiger partial charge >= 0.3 is 0 Å². The molecule has 0 unspecified atom stereocenters. The first-order valence-corrected chi connectivity index (χ1v) is 8.02. The molecule has 1 aromatic heterocycles. The van der Waals surface area contributed by atoms with E-state index in [1.807, 2.05) is 0 Å². The lowest BCUT2D eigenvalue weighted by Gasteiger charge is -2.22. The molecule has 0 saturated heterocycles. The molecule has 0 spiro atoms. The molecular weight excluding hydrogens is 274 g/mol. The third kappa shape index (κ3) is 3.53. The van der Waals surface area contributed by atoms with E-state index in [-0.39, 0.29) is 0 Å². The molecule has 0 aliphatic heterocycles. The summed E-state index contributed by atoms with van der Waals surface area (Å²) >= 11 is 0. The monoisotopic (exact) mass is 297 g/mol. The highest BCUT2D eigenvalue weighted by Gasteiger charge is 2.14. The van der Waals surface area contributed by atoms with Crippen LogP contribution in [-0.4, -0.2) is 21.2 Å². The van der Waals surface area contributed by atoms with Crippen molar-refractivity contribution in [3.63, 3.8) is 0 Å². The molecule has 3 rings (SSSR count). The molecule has 5 heteroatoms. The zero-order chi connectivity index (χ0) is 15.4. The van der Waals surface area contributed by atoms with Crippen molar-refractivity contribution >= 4 is 17.5 Å². The maximum atomic E-state index is 4.55. The van der Waals surface area contributed by atoms with Crippen molar-refractivity contribution in [1.82, 2.24) is 15.2 Å². The van der Waals surface area contributed by atoms with E-state index in [0.29, 0.717) is 12.0 Å². The van der Waals surface area contributed by atoms with Crippen molar-refractivity contribution in [2.75, 3.05) is 10.6 Å². The van der Waals surface area contributed by atoms with Gasteiger partial charge in [0.2, 0.25) is 5.95 Å². The Balaban J connectivity index is 1.73. The van der Waals surface area contributed by atoms with Crippen molar-refractivity contribution < 1.29 is 0 Å². The van der Waals surface area contributed by atoms with Crippen LogP contribution < -0.4 is 10.6 Å². The number of benzene rings is 1. The average molecular weight is 297 g/mol. The molecule has 116 valence electrons. The number of para-hydroxylation sites is 1. The summed E-state index contributed by atoms with van der Waals surface area (Å²) in [7, 11) is 0. The summed E-state index contributed by atoms with van der Waals surface area (Å²) in [6.07, 6.45) is 7.95. The van der Waals surface area contributed by atoms with Crippen LogP contribution in [0.25, 0.3) is 0 Å². The fourth-order valence-corrected chi connectivity index (χ4v) is 2.99. The maximum absolute atomic E-state index is 4.55. The summed E-state index contributed by atoms with van der Waals surface area (Å²) < 4.78 is 0. The summed E-state index contributed by atoms with van der Waals surface area (Å²) in [6, 6.07) is 6.71. The highest BCUT2D eigenvalue weighted by Crippen LogP contribution is 2.24. The minimum atomic E-state index is 0.478. The zero-order valence-corrected chi connectivity index (χ0v) is 13.3.